The summed E-state index contributed by atoms with van der Waals surface area (Å²) in [5, 5.41) is 8.26. The van der Waals surface area contributed by atoms with Crippen LogP contribution < -0.4 is 5.73 Å². The van der Waals surface area contributed by atoms with Gasteiger partial charge in [-0.15, -0.1) is 0 Å². The molecule has 0 amide bonds. The van der Waals surface area contributed by atoms with E-state index in [0.29, 0.717) is 6.42 Å². The second kappa shape index (κ2) is 3.53. The second-order valence-electron chi connectivity index (χ2n) is 2.41. The van der Waals surface area contributed by atoms with Gasteiger partial charge in [0.25, 0.3) is 0 Å². The van der Waals surface area contributed by atoms with E-state index in [1.54, 1.807) is 6.92 Å². The summed E-state index contributed by atoms with van der Waals surface area (Å²) in [6, 6.07) is 0. The maximum atomic E-state index is 10.1. The van der Waals surface area contributed by atoms with Crippen molar-refractivity contribution in [3.63, 3.8) is 0 Å². The molecule has 0 bridgehead atoms. The number of aliphatic carboxylic acids is 1. The zero-order chi connectivity index (χ0) is 8.20. The molecule has 4 nitrogen and oxygen atoms in total. The first kappa shape index (κ1) is 9.39. The van der Waals surface area contributed by atoms with Gasteiger partial charge in [0.2, 0.25) is 0 Å². The molecule has 0 fully saturated rings. The Bertz CT molecular complexity index is 122. The summed E-state index contributed by atoms with van der Waals surface area (Å²) < 4.78 is 4.80. The molecule has 0 saturated heterocycles. The van der Waals surface area contributed by atoms with Gasteiger partial charge in [0.15, 0.2) is 0 Å². The lowest BCUT2D eigenvalue weighted by molar-refractivity contribution is -0.138. The molecule has 0 aliphatic rings. The number of carbonyl (C=O) groups is 1. The lowest BCUT2D eigenvalue weighted by Crippen LogP contribution is -2.38. The van der Waals surface area contributed by atoms with Gasteiger partial charge >= 0.3 is 5.97 Å². The molecule has 0 saturated carbocycles. The maximum Gasteiger partial charge on any atom is 0.303 e. The molecular weight excluding hydrogens is 134 g/mol. The van der Waals surface area contributed by atoms with Crippen LogP contribution in [0.5, 0.6) is 0 Å². The van der Waals surface area contributed by atoms with Crippen LogP contribution in [-0.2, 0) is 9.53 Å². The van der Waals surface area contributed by atoms with Gasteiger partial charge in [0, 0.05) is 13.5 Å². The molecule has 1 atom stereocenters. The van der Waals surface area contributed by atoms with Crippen LogP contribution in [0.2, 0.25) is 0 Å². The predicted octanol–water partition coefficient (Wildman–Crippen LogP) is 0.172. The van der Waals surface area contributed by atoms with E-state index >= 15 is 0 Å². The average Bonchev–Trinajstić information content (AvgIpc) is 1.85. The summed E-state index contributed by atoms with van der Waals surface area (Å²) >= 11 is 0. The summed E-state index contributed by atoms with van der Waals surface area (Å²) in [4.78, 5) is 10.1. The van der Waals surface area contributed by atoms with Crippen molar-refractivity contribution < 1.29 is 14.6 Å². The van der Waals surface area contributed by atoms with Crippen molar-refractivity contribution in [2.75, 3.05) is 7.11 Å². The molecule has 1 unspecified atom stereocenters. The van der Waals surface area contributed by atoms with Gasteiger partial charge in [-0.1, -0.05) is 0 Å². The van der Waals surface area contributed by atoms with Crippen LogP contribution in [-0.4, -0.2) is 23.9 Å². The Kier molecular flexibility index (Phi) is 3.32. The van der Waals surface area contributed by atoms with Crippen LogP contribution in [0.15, 0.2) is 0 Å². The predicted molar refractivity (Wildman–Crippen MR) is 36.5 cm³/mol. The zero-order valence-corrected chi connectivity index (χ0v) is 6.26. The van der Waals surface area contributed by atoms with E-state index in [0.717, 1.165) is 0 Å². The first-order valence-corrected chi connectivity index (χ1v) is 3.04. The highest BCUT2D eigenvalue weighted by Gasteiger charge is 2.17. The fourth-order valence-corrected chi connectivity index (χ4v) is 0.457. The topological polar surface area (TPSA) is 72.5 Å². The van der Waals surface area contributed by atoms with Crippen LogP contribution in [0, 0.1) is 0 Å². The lowest BCUT2D eigenvalue weighted by atomic mass is 10.1. The van der Waals surface area contributed by atoms with Crippen LogP contribution in [0.3, 0.4) is 0 Å². The fraction of sp³-hybridized carbons (Fsp3) is 0.833. The molecule has 4 heteroatoms. The maximum absolute atomic E-state index is 10.1. The van der Waals surface area contributed by atoms with E-state index in [1.165, 1.54) is 7.11 Å². The van der Waals surface area contributed by atoms with Crippen molar-refractivity contribution in [1.29, 1.82) is 0 Å². The highest BCUT2D eigenvalue weighted by atomic mass is 16.5. The Morgan fingerprint density at radius 3 is 2.60 bits per heavy atom. The van der Waals surface area contributed by atoms with Gasteiger partial charge in [-0.3, -0.25) is 4.79 Å². The Morgan fingerprint density at radius 1 is 1.80 bits per heavy atom. The summed E-state index contributed by atoms with van der Waals surface area (Å²) in [5.74, 6) is -0.853. The SMILES string of the molecule is COC(C)(N)CCC(=O)O. The van der Waals surface area contributed by atoms with Crippen molar-refractivity contribution in [1.82, 2.24) is 0 Å². The summed E-state index contributed by atoms with van der Waals surface area (Å²) in [7, 11) is 1.46. The minimum atomic E-state index is -0.853. The van der Waals surface area contributed by atoms with E-state index < -0.39 is 11.7 Å². The number of carboxylic acids is 1. The highest BCUT2D eigenvalue weighted by molar-refractivity contribution is 5.66. The Balaban J connectivity index is 3.56. The highest BCUT2D eigenvalue weighted by Crippen LogP contribution is 2.08. The van der Waals surface area contributed by atoms with E-state index in [2.05, 4.69) is 0 Å². The monoisotopic (exact) mass is 147 g/mol. The lowest BCUT2D eigenvalue weighted by Gasteiger charge is -2.21. The number of hydrogen-bond donors (Lipinski definition) is 2. The van der Waals surface area contributed by atoms with Crippen LogP contribution >= 0.6 is 0 Å². The molecule has 0 aliphatic carbocycles. The van der Waals surface area contributed by atoms with E-state index in [1.807, 2.05) is 0 Å². The molecule has 0 rings (SSSR count). The summed E-state index contributed by atoms with van der Waals surface area (Å²) in [6.45, 7) is 1.65. The van der Waals surface area contributed by atoms with Crippen molar-refractivity contribution in [3.05, 3.63) is 0 Å². The van der Waals surface area contributed by atoms with E-state index in [9.17, 15) is 4.79 Å². The molecule has 0 aliphatic heterocycles. The fourth-order valence-electron chi connectivity index (χ4n) is 0.457. The van der Waals surface area contributed by atoms with Gasteiger partial charge in [-0.2, -0.15) is 0 Å². The van der Waals surface area contributed by atoms with Gasteiger partial charge in [0.05, 0.1) is 0 Å². The summed E-state index contributed by atoms with van der Waals surface area (Å²) in [5.41, 5.74) is 4.67. The number of rotatable bonds is 4. The Hall–Kier alpha value is -0.610. The van der Waals surface area contributed by atoms with Gasteiger partial charge < -0.3 is 15.6 Å². The molecule has 3 N–H and O–H groups in total. The Morgan fingerprint density at radius 2 is 2.30 bits per heavy atom. The zero-order valence-electron chi connectivity index (χ0n) is 6.26. The quantitative estimate of drug-likeness (QED) is 0.556. The van der Waals surface area contributed by atoms with E-state index in [-0.39, 0.29) is 6.42 Å². The third-order valence-electron chi connectivity index (χ3n) is 1.30. The third-order valence-corrected chi connectivity index (χ3v) is 1.30. The molecule has 0 aromatic carbocycles. The average molecular weight is 147 g/mol. The second-order valence-corrected chi connectivity index (χ2v) is 2.41. The molecule has 0 spiro atoms. The number of nitrogens with two attached hydrogens (primary N) is 1. The van der Waals surface area contributed by atoms with Crippen LogP contribution in [0.4, 0.5) is 0 Å². The largest absolute Gasteiger partial charge is 0.481 e. The van der Waals surface area contributed by atoms with Gasteiger partial charge in [0.1, 0.15) is 5.72 Å². The first-order chi connectivity index (χ1) is 4.48. The smallest absolute Gasteiger partial charge is 0.303 e. The van der Waals surface area contributed by atoms with Crippen molar-refractivity contribution in [2.24, 2.45) is 5.73 Å². The van der Waals surface area contributed by atoms with Gasteiger partial charge in [-0.05, 0) is 13.3 Å². The van der Waals surface area contributed by atoms with Crippen LogP contribution in [0.1, 0.15) is 19.8 Å². The van der Waals surface area contributed by atoms with Crippen LogP contribution in [0.25, 0.3) is 0 Å². The molecule has 60 valence electrons. The van der Waals surface area contributed by atoms with Crippen molar-refractivity contribution >= 4 is 5.97 Å². The van der Waals surface area contributed by atoms with E-state index in [4.69, 9.17) is 15.6 Å². The minimum Gasteiger partial charge on any atom is -0.481 e. The normalized spacial score (nSPS) is 16.3. The number of hydrogen-bond acceptors (Lipinski definition) is 3. The molecule has 0 radical (unpaired) electrons. The molecule has 0 aromatic heterocycles. The molecule has 10 heavy (non-hydrogen) atoms. The Labute approximate surface area is 60.0 Å². The standard InChI is InChI=1S/C6H13NO3/c1-6(7,10-2)4-3-5(8)9/h3-4,7H2,1-2H3,(H,8,9). The number of ether oxygens (including phenoxy) is 1. The van der Waals surface area contributed by atoms with Crippen molar-refractivity contribution in [3.8, 4) is 0 Å². The summed E-state index contributed by atoms with van der Waals surface area (Å²) in [6.07, 6.45) is 0.375. The van der Waals surface area contributed by atoms with Crippen molar-refractivity contribution in [2.45, 2.75) is 25.5 Å². The number of methoxy groups -OCH3 is 1. The molecule has 0 aromatic rings. The van der Waals surface area contributed by atoms with Gasteiger partial charge in [-0.25, -0.2) is 0 Å². The first-order valence-electron chi connectivity index (χ1n) is 3.04. The third kappa shape index (κ3) is 4.29. The minimum absolute atomic E-state index is 0.0425. The molecule has 0 heterocycles. The molecular formula is C6H13NO3. The number of carboxylic acid groups (broad SMARTS) is 1.